The largest absolute Gasteiger partial charge is 0.378 e. The SMILES string of the molecule is CC(C)Cn1nc(C(=O)N2CCOCC2)c2c1CCC(NCc1ccc(F)c(F)c1)C2. The molecule has 1 aliphatic carbocycles. The van der Waals surface area contributed by atoms with E-state index in [-0.39, 0.29) is 11.9 Å². The zero-order valence-corrected chi connectivity index (χ0v) is 18.2. The van der Waals surface area contributed by atoms with E-state index in [9.17, 15) is 13.6 Å². The van der Waals surface area contributed by atoms with Crippen molar-refractivity contribution in [2.24, 2.45) is 5.92 Å². The summed E-state index contributed by atoms with van der Waals surface area (Å²) in [5.74, 6) is -1.27. The van der Waals surface area contributed by atoms with Gasteiger partial charge in [-0.15, -0.1) is 0 Å². The number of hydrogen-bond acceptors (Lipinski definition) is 4. The maximum Gasteiger partial charge on any atom is 0.274 e. The zero-order valence-electron chi connectivity index (χ0n) is 18.2. The second kappa shape index (κ2) is 9.44. The van der Waals surface area contributed by atoms with Gasteiger partial charge in [0.15, 0.2) is 17.3 Å². The van der Waals surface area contributed by atoms with Crippen LogP contribution in [0.2, 0.25) is 0 Å². The molecule has 2 aromatic rings. The fourth-order valence-electron chi connectivity index (χ4n) is 4.36. The number of aromatic nitrogens is 2. The van der Waals surface area contributed by atoms with Crippen molar-refractivity contribution in [3.05, 3.63) is 52.3 Å². The van der Waals surface area contributed by atoms with Crippen molar-refractivity contribution in [3.8, 4) is 0 Å². The van der Waals surface area contributed by atoms with Gasteiger partial charge in [-0.1, -0.05) is 19.9 Å². The van der Waals surface area contributed by atoms with Crippen LogP contribution in [0.15, 0.2) is 18.2 Å². The molecule has 1 aromatic heterocycles. The highest BCUT2D eigenvalue weighted by Gasteiger charge is 2.31. The first-order valence-electron chi connectivity index (χ1n) is 11.0. The van der Waals surface area contributed by atoms with Crippen LogP contribution < -0.4 is 5.32 Å². The molecule has 4 rings (SSSR count). The minimum absolute atomic E-state index is 0.0247. The number of fused-ring (bicyclic) bond motifs is 1. The molecule has 1 atom stereocenters. The molecule has 0 radical (unpaired) electrons. The monoisotopic (exact) mass is 432 g/mol. The third-order valence-corrected chi connectivity index (χ3v) is 5.96. The van der Waals surface area contributed by atoms with Crippen LogP contribution >= 0.6 is 0 Å². The molecule has 8 heteroatoms. The fourth-order valence-corrected chi connectivity index (χ4v) is 4.36. The summed E-state index contributed by atoms with van der Waals surface area (Å²) < 4.78 is 34.1. The van der Waals surface area contributed by atoms with E-state index < -0.39 is 11.6 Å². The highest BCUT2D eigenvalue weighted by atomic mass is 19.2. The summed E-state index contributed by atoms with van der Waals surface area (Å²) >= 11 is 0. The van der Waals surface area contributed by atoms with E-state index in [0.717, 1.165) is 36.7 Å². The van der Waals surface area contributed by atoms with Crippen molar-refractivity contribution in [1.82, 2.24) is 20.0 Å². The molecule has 2 aliphatic rings. The minimum atomic E-state index is -0.838. The van der Waals surface area contributed by atoms with E-state index in [1.54, 1.807) is 6.07 Å². The van der Waals surface area contributed by atoms with Gasteiger partial charge in [-0.2, -0.15) is 5.10 Å². The highest BCUT2D eigenvalue weighted by molar-refractivity contribution is 5.94. The second-order valence-electron chi connectivity index (χ2n) is 8.82. The summed E-state index contributed by atoms with van der Waals surface area (Å²) in [5, 5.41) is 8.20. The van der Waals surface area contributed by atoms with Crippen LogP contribution in [-0.4, -0.2) is 52.9 Å². The Kier molecular flexibility index (Phi) is 6.67. The van der Waals surface area contributed by atoms with Crippen molar-refractivity contribution in [1.29, 1.82) is 0 Å². The van der Waals surface area contributed by atoms with Gasteiger partial charge < -0.3 is 15.0 Å². The maximum absolute atomic E-state index is 13.5. The van der Waals surface area contributed by atoms with Gasteiger partial charge in [-0.05, 0) is 42.9 Å². The van der Waals surface area contributed by atoms with E-state index in [2.05, 4.69) is 19.2 Å². The lowest BCUT2D eigenvalue weighted by atomic mass is 9.90. The van der Waals surface area contributed by atoms with Crippen LogP contribution in [0.25, 0.3) is 0 Å². The maximum atomic E-state index is 13.5. The Bertz CT molecular complexity index is 938. The molecule has 2 heterocycles. The van der Waals surface area contributed by atoms with Crippen molar-refractivity contribution in [2.75, 3.05) is 26.3 Å². The van der Waals surface area contributed by atoms with Crippen molar-refractivity contribution >= 4 is 5.91 Å². The standard InChI is InChI=1S/C23H30F2N4O2/c1-15(2)14-29-21-6-4-17(26-13-16-3-5-19(24)20(25)11-16)12-18(21)22(27-29)23(30)28-7-9-31-10-8-28/h3,5,11,15,17,26H,4,6-10,12-14H2,1-2H3. The van der Waals surface area contributed by atoms with Gasteiger partial charge in [0.05, 0.1) is 13.2 Å². The van der Waals surface area contributed by atoms with E-state index in [1.807, 2.05) is 9.58 Å². The molecule has 1 aliphatic heterocycles. The summed E-state index contributed by atoms with van der Waals surface area (Å²) in [6.45, 7) is 7.80. The molecule has 31 heavy (non-hydrogen) atoms. The van der Waals surface area contributed by atoms with Crippen molar-refractivity contribution < 1.29 is 18.3 Å². The molecule has 0 saturated carbocycles. The Morgan fingerprint density at radius 3 is 2.74 bits per heavy atom. The van der Waals surface area contributed by atoms with Crippen LogP contribution in [-0.2, 0) is 30.7 Å². The number of carbonyl (C=O) groups is 1. The molecule has 0 bridgehead atoms. The first-order chi connectivity index (χ1) is 14.9. The van der Waals surface area contributed by atoms with Crippen LogP contribution in [0.3, 0.4) is 0 Å². The van der Waals surface area contributed by atoms with Gasteiger partial charge in [-0.25, -0.2) is 8.78 Å². The Labute approximate surface area is 181 Å². The molecule has 168 valence electrons. The zero-order chi connectivity index (χ0) is 22.0. The summed E-state index contributed by atoms with van der Waals surface area (Å²) in [6, 6.07) is 4.12. The van der Waals surface area contributed by atoms with E-state index in [4.69, 9.17) is 9.84 Å². The third-order valence-electron chi connectivity index (χ3n) is 5.96. The van der Waals surface area contributed by atoms with Crippen LogP contribution in [0.1, 0.15) is 47.6 Å². The molecule has 1 unspecified atom stereocenters. The Morgan fingerprint density at radius 2 is 2.03 bits per heavy atom. The van der Waals surface area contributed by atoms with Gasteiger partial charge >= 0.3 is 0 Å². The quantitative estimate of drug-likeness (QED) is 0.763. The number of halogens is 2. The fraction of sp³-hybridized carbons (Fsp3) is 0.565. The molecule has 6 nitrogen and oxygen atoms in total. The average Bonchev–Trinajstić information content (AvgIpc) is 3.11. The third kappa shape index (κ3) is 4.96. The summed E-state index contributed by atoms with van der Waals surface area (Å²) in [5.41, 5.74) is 3.42. The first kappa shape index (κ1) is 21.9. The molecular weight excluding hydrogens is 402 g/mol. The minimum Gasteiger partial charge on any atom is -0.378 e. The van der Waals surface area contributed by atoms with Crippen LogP contribution in [0.4, 0.5) is 8.78 Å². The number of hydrogen-bond donors (Lipinski definition) is 1. The molecule has 0 spiro atoms. The summed E-state index contributed by atoms with van der Waals surface area (Å²) in [7, 11) is 0. The van der Waals surface area contributed by atoms with Crippen molar-refractivity contribution in [3.63, 3.8) is 0 Å². The first-order valence-corrected chi connectivity index (χ1v) is 11.0. The molecule has 1 N–H and O–H groups in total. The van der Waals surface area contributed by atoms with Gasteiger partial charge in [0, 0.05) is 43.5 Å². The lowest BCUT2D eigenvalue weighted by Gasteiger charge is -2.28. The number of ether oxygens (including phenoxy) is 1. The number of nitrogens with zero attached hydrogens (tertiary/aromatic N) is 3. The highest BCUT2D eigenvalue weighted by Crippen LogP contribution is 2.27. The van der Waals surface area contributed by atoms with Gasteiger partial charge in [0.1, 0.15) is 0 Å². The predicted octanol–water partition coefficient (Wildman–Crippen LogP) is 2.94. The number of benzene rings is 1. The lowest BCUT2D eigenvalue weighted by molar-refractivity contribution is 0.0297. The summed E-state index contributed by atoms with van der Waals surface area (Å²) in [4.78, 5) is 15.0. The summed E-state index contributed by atoms with van der Waals surface area (Å²) in [6.07, 6.45) is 2.44. The van der Waals surface area contributed by atoms with Gasteiger partial charge in [-0.3, -0.25) is 9.48 Å². The predicted molar refractivity (Wildman–Crippen MR) is 113 cm³/mol. The Morgan fingerprint density at radius 1 is 1.26 bits per heavy atom. The lowest BCUT2D eigenvalue weighted by Crippen LogP contribution is -2.41. The second-order valence-corrected chi connectivity index (χ2v) is 8.82. The molecule has 1 aromatic carbocycles. The number of morpholine rings is 1. The number of nitrogens with one attached hydrogen (secondary N) is 1. The number of carbonyl (C=O) groups excluding carboxylic acids is 1. The normalized spacial score (nSPS) is 19.0. The van der Waals surface area contributed by atoms with E-state index in [1.165, 1.54) is 6.07 Å². The average molecular weight is 433 g/mol. The Balaban J connectivity index is 1.52. The smallest absolute Gasteiger partial charge is 0.274 e. The van der Waals surface area contributed by atoms with Crippen LogP contribution in [0, 0.1) is 17.6 Å². The number of amides is 1. The van der Waals surface area contributed by atoms with E-state index in [0.29, 0.717) is 56.4 Å². The number of rotatable bonds is 6. The van der Waals surface area contributed by atoms with Crippen LogP contribution in [0.5, 0.6) is 0 Å². The van der Waals surface area contributed by atoms with E-state index >= 15 is 0 Å². The van der Waals surface area contributed by atoms with Gasteiger partial charge in [0.25, 0.3) is 5.91 Å². The van der Waals surface area contributed by atoms with Gasteiger partial charge in [0.2, 0.25) is 0 Å². The molecule has 1 saturated heterocycles. The molecular formula is C23H30F2N4O2. The topological polar surface area (TPSA) is 59.4 Å². The Hall–Kier alpha value is -2.32. The molecule has 1 amide bonds. The van der Waals surface area contributed by atoms with Crippen molar-refractivity contribution in [2.45, 2.75) is 52.2 Å². The molecule has 1 fully saturated rings.